The van der Waals surface area contributed by atoms with Gasteiger partial charge >= 0.3 is 5.69 Å². The Balaban J connectivity index is 2.45. The molecule has 1 aliphatic heterocycles. The molecule has 0 atom stereocenters. The Labute approximate surface area is 116 Å². The molecule has 0 N–H and O–H groups in total. The highest BCUT2D eigenvalue weighted by atomic mass is 32.2. The number of sulfonamides is 1. The quantitative estimate of drug-likeness (QED) is 0.633. The first-order chi connectivity index (χ1) is 9.34. The zero-order chi connectivity index (χ0) is 14.9. The topological polar surface area (TPSA) is 80.5 Å². The molecule has 1 heterocycles. The van der Waals surface area contributed by atoms with Crippen molar-refractivity contribution in [1.29, 1.82) is 0 Å². The number of hydrogen-bond donors (Lipinski definition) is 0. The molecule has 0 bridgehead atoms. The molecule has 20 heavy (non-hydrogen) atoms. The molecule has 0 spiro atoms. The maximum atomic E-state index is 13.5. The normalized spacial score (nSPS) is 18.1. The van der Waals surface area contributed by atoms with Crippen LogP contribution in [0.1, 0.15) is 19.8 Å². The molecule has 0 saturated carbocycles. The minimum Gasteiger partial charge on any atom is -0.258 e. The molecular formula is C12H15FN2O4S. The molecule has 2 rings (SSSR count). The predicted molar refractivity (Wildman–Crippen MR) is 70.2 cm³/mol. The summed E-state index contributed by atoms with van der Waals surface area (Å²) in [6, 6.07) is 3.13. The highest BCUT2D eigenvalue weighted by Gasteiger charge is 2.35. The van der Waals surface area contributed by atoms with Gasteiger partial charge in [0.25, 0.3) is 0 Å². The summed E-state index contributed by atoms with van der Waals surface area (Å²) in [7, 11) is -4.03. The van der Waals surface area contributed by atoms with Crippen molar-refractivity contribution in [1.82, 2.24) is 4.31 Å². The minimum absolute atomic E-state index is 0.303. The summed E-state index contributed by atoms with van der Waals surface area (Å²) >= 11 is 0. The standard InChI is InChI=1S/C12H15FN2O4S/c1-9-5-7-14(8-6-9)20(18,19)11-4-2-3-10(13)12(11)15(16)17/h2-4,9H,5-8H2,1H3. The van der Waals surface area contributed by atoms with Crippen LogP contribution >= 0.6 is 0 Å². The molecule has 0 aromatic heterocycles. The molecule has 110 valence electrons. The fraction of sp³-hybridized carbons (Fsp3) is 0.500. The Morgan fingerprint density at radius 2 is 1.95 bits per heavy atom. The number of benzene rings is 1. The maximum Gasteiger partial charge on any atom is 0.324 e. The lowest BCUT2D eigenvalue weighted by atomic mass is 10.0. The van der Waals surface area contributed by atoms with E-state index in [1.165, 1.54) is 10.4 Å². The summed E-state index contributed by atoms with van der Waals surface area (Å²) in [5.41, 5.74) is -0.980. The van der Waals surface area contributed by atoms with Crippen LogP contribution in [0.3, 0.4) is 0 Å². The third-order valence-electron chi connectivity index (χ3n) is 3.49. The number of piperidine rings is 1. The van der Waals surface area contributed by atoms with Gasteiger partial charge < -0.3 is 0 Å². The molecule has 8 heteroatoms. The number of halogens is 1. The smallest absolute Gasteiger partial charge is 0.258 e. The SMILES string of the molecule is CC1CCN(S(=O)(=O)c2cccc(F)c2[N+](=O)[O-])CC1. The van der Waals surface area contributed by atoms with Crippen LogP contribution in [0.15, 0.2) is 23.1 Å². The molecule has 1 fully saturated rings. The zero-order valence-electron chi connectivity index (χ0n) is 11.0. The Morgan fingerprint density at radius 1 is 1.35 bits per heavy atom. The van der Waals surface area contributed by atoms with E-state index in [9.17, 15) is 22.9 Å². The summed E-state index contributed by atoms with van der Waals surface area (Å²) in [5, 5.41) is 10.9. The van der Waals surface area contributed by atoms with Gasteiger partial charge in [-0.1, -0.05) is 13.0 Å². The molecule has 1 aliphatic rings. The van der Waals surface area contributed by atoms with Crippen molar-refractivity contribution >= 4 is 15.7 Å². The van der Waals surface area contributed by atoms with Crippen molar-refractivity contribution < 1.29 is 17.7 Å². The Morgan fingerprint density at radius 3 is 2.50 bits per heavy atom. The van der Waals surface area contributed by atoms with Gasteiger partial charge in [0.1, 0.15) is 0 Å². The molecule has 1 aromatic carbocycles. The van der Waals surface area contributed by atoms with E-state index in [4.69, 9.17) is 0 Å². The highest BCUT2D eigenvalue weighted by molar-refractivity contribution is 7.89. The molecule has 0 unspecified atom stereocenters. The lowest BCUT2D eigenvalue weighted by Gasteiger charge is -2.29. The van der Waals surface area contributed by atoms with E-state index < -0.39 is 31.3 Å². The third kappa shape index (κ3) is 2.66. The van der Waals surface area contributed by atoms with E-state index in [0.717, 1.165) is 12.1 Å². The van der Waals surface area contributed by atoms with Crippen LogP contribution in [0.2, 0.25) is 0 Å². The summed E-state index contributed by atoms with van der Waals surface area (Å²) < 4.78 is 39.6. The zero-order valence-corrected chi connectivity index (χ0v) is 11.8. The van der Waals surface area contributed by atoms with E-state index in [0.29, 0.717) is 31.8 Å². The molecular weight excluding hydrogens is 287 g/mol. The van der Waals surface area contributed by atoms with E-state index in [1.54, 1.807) is 0 Å². The second-order valence-electron chi connectivity index (χ2n) is 4.93. The van der Waals surface area contributed by atoms with Crippen LogP contribution in [-0.2, 0) is 10.0 Å². The fourth-order valence-electron chi connectivity index (χ4n) is 2.25. The molecule has 6 nitrogen and oxygen atoms in total. The van der Waals surface area contributed by atoms with Crippen LogP contribution in [0.5, 0.6) is 0 Å². The molecule has 1 aromatic rings. The number of hydrogen-bond acceptors (Lipinski definition) is 4. The van der Waals surface area contributed by atoms with Crippen molar-refractivity contribution in [2.45, 2.75) is 24.7 Å². The van der Waals surface area contributed by atoms with Crippen LogP contribution in [0.4, 0.5) is 10.1 Å². The predicted octanol–water partition coefficient (Wildman–Crippen LogP) is 2.15. The Bertz CT molecular complexity index is 624. The van der Waals surface area contributed by atoms with Crippen molar-refractivity contribution in [2.75, 3.05) is 13.1 Å². The Hall–Kier alpha value is -1.54. The van der Waals surface area contributed by atoms with Gasteiger partial charge in [0, 0.05) is 13.1 Å². The maximum absolute atomic E-state index is 13.5. The summed E-state index contributed by atoms with van der Waals surface area (Å²) in [6.45, 7) is 2.63. The van der Waals surface area contributed by atoms with Crippen molar-refractivity contribution in [3.8, 4) is 0 Å². The van der Waals surface area contributed by atoms with E-state index in [1.807, 2.05) is 6.92 Å². The largest absolute Gasteiger partial charge is 0.324 e. The van der Waals surface area contributed by atoms with Crippen molar-refractivity contribution in [3.63, 3.8) is 0 Å². The first-order valence-electron chi connectivity index (χ1n) is 6.27. The second kappa shape index (κ2) is 5.45. The Kier molecular flexibility index (Phi) is 4.05. The van der Waals surface area contributed by atoms with Crippen LogP contribution in [0, 0.1) is 21.8 Å². The number of rotatable bonds is 3. The van der Waals surface area contributed by atoms with Crippen LogP contribution < -0.4 is 0 Å². The number of nitrogens with zero attached hydrogens (tertiary/aromatic N) is 2. The van der Waals surface area contributed by atoms with E-state index in [-0.39, 0.29) is 0 Å². The molecule has 0 aliphatic carbocycles. The van der Waals surface area contributed by atoms with E-state index in [2.05, 4.69) is 0 Å². The van der Waals surface area contributed by atoms with Gasteiger partial charge in [-0.05, 0) is 30.9 Å². The average Bonchev–Trinajstić information content (AvgIpc) is 2.38. The van der Waals surface area contributed by atoms with Crippen LogP contribution in [0.25, 0.3) is 0 Å². The minimum atomic E-state index is -4.03. The molecule has 0 radical (unpaired) electrons. The van der Waals surface area contributed by atoms with Gasteiger partial charge in [-0.25, -0.2) is 8.42 Å². The fourth-order valence-corrected chi connectivity index (χ4v) is 3.88. The second-order valence-corrected chi connectivity index (χ2v) is 6.84. The molecule has 0 amide bonds. The van der Waals surface area contributed by atoms with Gasteiger partial charge in [-0.2, -0.15) is 8.70 Å². The average molecular weight is 302 g/mol. The molecule has 1 saturated heterocycles. The van der Waals surface area contributed by atoms with Gasteiger partial charge in [-0.15, -0.1) is 0 Å². The number of nitro benzene ring substituents is 1. The van der Waals surface area contributed by atoms with Crippen molar-refractivity contribution in [3.05, 3.63) is 34.1 Å². The van der Waals surface area contributed by atoms with Gasteiger partial charge in [0.15, 0.2) is 4.90 Å². The van der Waals surface area contributed by atoms with Gasteiger partial charge in [0.2, 0.25) is 15.8 Å². The van der Waals surface area contributed by atoms with Crippen LogP contribution in [-0.4, -0.2) is 30.7 Å². The third-order valence-corrected chi connectivity index (χ3v) is 5.42. The van der Waals surface area contributed by atoms with Gasteiger partial charge in [0.05, 0.1) is 4.92 Å². The number of para-hydroxylation sites is 1. The highest BCUT2D eigenvalue weighted by Crippen LogP contribution is 2.31. The van der Waals surface area contributed by atoms with Gasteiger partial charge in [-0.3, -0.25) is 10.1 Å². The summed E-state index contributed by atoms with van der Waals surface area (Å²) in [6.07, 6.45) is 1.39. The first-order valence-corrected chi connectivity index (χ1v) is 7.71. The summed E-state index contributed by atoms with van der Waals surface area (Å²) in [4.78, 5) is 9.34. The lowest BCUT2D eigenvalue weighted by Crippen LogP contribution is -2.38. The lowest BCUT2D eigenvalue weighted by molar-refractivity contribution is -0.390. The van der Waals surface area contributed by atoms with Crippen molar-refractivity contribution in [2.24, 2.45) is 5.92 Å². The van der Waals surface area contributed by atoms with E-state index >= 15 is 0 Å². The summed E-state index contributed by atoms with van der Waals surface area (Å²) in [5.74, 6) is -0.717. The monoisotopic (exact) mass is 302 g/mol. The number of nitro groups is 1. The first kappa shape index (κ1) is 14.9.